The number of carbonyl (C=O) groups excluding carboxylic acids is 1. The number of methoxy groups -OCH3 is 1. The molecule has 0 saturated heterocycles. The Morgan fingerprint density at radius 1 is 1.12 bits per heavy atom. The molecule has 3 aromatic rings. The van der Waals surface area contributed by atoms with Crippen LogP contribution < -0.4 is 14.4 Å². The van der Waals surface area contributed by atoms with Crippen LogP contribution in [0.4, 0.5) is 15.8 Å². The van der Waals surface area contributed by atoms with E-state index in [4.69, 9.17) is 16.3 Å². The number of anilines is 2. The van der Waals surface area contributed by atoms with Crippen LogP contribution in [0.3, 0.4) is 0 Å². The molecule has 1 N–H and O–H groups in total. The lowest BCUT2D eigenvalue weighted by Crippen LogP contribution is -2.38. The maximum Gasteiger partial charge on any atom is 0.264 e. The summed E-state index contributed by atoms with van der Waals surface area (Å²) in [6.45, 7) is -0.592. The Hall–Kier alpha value is -2.75. The first kappa shape index (κ1) is 23.9. The van der Waals surface area contributed by atoms with E-state index in [0.717, 1.165) is 15.3 Å². The molecule has 0 bridgehead atoms. The standard InChI is InChI=1S/C22H20ClFN2O4S2/c1-30-21-11-6-15(23)12-20(21)25-22(27)14-26(17-5-3-4-16(24)13-17)32(28,29)19-9-7-18(31-2)8-10-19/h3-13H,14H2,1-2H3,(H,25,27). The average Bonchev–Trinajstić information content (AvgIpc) is 2.77. The Kier molecular flexibility index (Phi) is 7.65. The fraction of sp³-hybridized carbons (Fsp3) is 0.136. The summed E-state index contributed by atoms with van der Waals surface area (Å²) in [5.41, 5.74) is 0.304. The smallest absolute Gasteiger partial charge is 0.264 e. The highest BCUT2D eigenvalue weighted by Crippen LogP contribution is 2.29. The highest BCUT2D eigenvalue weighted by molar-refractivity contribution is 7.98. The van der Waals surface area contributed by atoms with E-state index in [0.29, 0.717) is 10.8 Å². The van der Waals surface area contributed by atoms with E-state index in [1.807, 2.05) is 6.26 Å². The number of nitrogens with one attached hydrogen (secondary N) is 1. The highest BCUT2D eigenvalue weighted by Gasteiger charge is 2.28. The normalized spacial score (nSPS) is 11.1. The van der Waals surface area contributed by atoms with Gasteiger partial charge in [-0.05, 0) is 66.9 Å². The van der Waals surface area contributed by atoms with Gasteiger partial charge in [-0.2, -0.15) is 0 Å². The Bertz CT molecular complexity index is 1220. The first-order valence-electron chi connectivity index (χ1n) is 9.30. The van der Waals surface area contributed by atoms with Crippen molar-refractivity contribution in [3.63, 3.8) is 0 Å². The van der Waals surface area contributed by atoms with Crippen LogP contribution in [0.15, 0.2) is 76.5 Å². The predicted molar refractivity (Wildman–Crippen MR) is 126 cm³/mol. The lowest BCUT2D eigenvalue weighted by Gasteiger charge is -2.24. The number of nitrogens with zero attached hydrogens (tertiary/aromatic N) is 1. The second-order valence-electron chi connectivity index (χ2n) is 6.56. The molecule has 0 aliphatic heterocycles. The zero-order chi connectivity index (χ0) is 23.3. The molecule has 3 rings (SSSR count). The zero-order valence-corrected chi connectivity index (χ0v) is 19.6. The lowest BCUT2D eigenvalue weighted by molar-refractivity contribution is -0.114. The monoisotopic (exact) mass is 494 g/mol. The van der Waals surface area contributed by atoms with Crippen molar-refractivity contribution in [1.82, 2.24) is 0 Å². The number of amides is 1. The number of hydrogen-bond donors (Lipinski definition) is 1. The molecule has 0 heterocycles. The minimum Gasteiger partial charge on any atom is -0.495 e. The van der Waals surface area contributed by atoms with Crippen LogP contribution in [-0.2, 0) is 14.8 Å². The fourth-order valence-electron chi connectivity index (χ4n) is 2.92. The van der Waals surface area contributed by atoms with Crippen molar-refractivity contribution in [1.29, 1.82) is 0 Å². The van der Waals surface area contributed by atoms with Gasteiger partial charge in [0, 0.05) is 9.92 Å². The molecular weight excluding hydrogens is 475 g/mol. The molecule has 0 unspecified atom stereocenters. The molecule has 0 spiro atoms. The SMILES string of the molecule is COc1ccc(Cl)cc1NC(=O)CN(c1cccc(F)c1)S(=O)(=O)c1ccc(SC)cc1. The Labute approximate surface area is 195 Å². The maximum atomic E-state index is 13.9. The van der Waals surface area contributed by atoms with Gasteiger partial charge in [0.15, 0.2) is 0 Å². The largest absolute Gasteiger partial charge is 0.495 e. The van der Waals surface area contributed by atoms with Crippen molar-refractivity contribution in [3.05, 3.63) is 77.6 Å². The third kappa shape index (κ3) is 5.53. The van der Waals surface area contributed by atoms with Crippen molar-refractivity contribution in [2.45, 2.75) is 9.79 Å². The van der Waals surface area contributed by atoms with Crippen LogP contribution in [-0.4, -0.2) is 34.2 Å². The van der Waals surface area contributed by atoms with Crippen molar-refractivity contribution in [3.8, 4) is 5.75 Å². The number of thioether (sulfide) groups is 1. The number of ether oxygens (including phenoxy) is 1. The first-order valence-corrected chi connectivity index (χ1v) is 12.3. The molecular formula is C22H20ClFN2O4S2. The molecule has 168 valence electrons. The topological polar surface area (TPSA) is 75.7 Å². The summed E-state index contributed by atoms with van der Waals surface area (Å²) in [6.07, 6.45) is 1.87. The maximum absolute atomic E-state index is 13.9. The predicted octanol–water partition coefficient (Wildman–Crippen LogP) is 5.04. The van der Waals surface area contributed by atoms with E-state index in [-0.39, 0.29) is 16.3 Å². The van der Waals surface area contributed by atoms with Gasteiger partial charge in [0.1, 0.15) is 18.1 Å². The molecule has 0 aromatic heterocycles. The number of benzene rings is 3. The highest BCUT2D eigenvalue weighted by atomic mass is 35.5. The van der Waals surface area contributed by atoms with Gasteiger partial charge in [-0.1, -0.05) is 17.7 Å². The molecule has 32 heavy (non-hydrogen) atoms. The van der Waals surface area contributed by atoms with Crippen LogP contribution in [0.2, 0.25) is 5.02 Å². The lowest BCUT2D eigenvalue weighted by atomic mass is 10.3. The van der Waals surface area contributed by atoms with E-state index in [1.165, 1.54) is 55.3 Å². The Balaban J connectivity index is 1.96. The molecule has 3 aromatic carbocycles. The van der Waals surface area contributed by atoms with E-state index in [1.54, 1.807) is 24.3 Å². The summed E-state index contributed by atoms with van der Waals surface area (Å²) in [5.74, 6) is -0.924. The Morgan fingerprint density at radius 2 is 1.84 bits per heavy atom. The summed E-state index contributed by atoms with van der Waals surface area (Å²) < 4.78 is 46.7. The Morgan fingerprint density at radius 3 is 2.47 bits per heavy atom. The third-order valence-electron chi connectivity index (χ3n) is 4.47. The second-order valence-corrected chi connectivity index (χ2v) is 9.74. The number of halogens is 2. The number of carbonyl (C=O) groups is 1. The van der Waals surface area contributed by atoms with Crippen molar-refractivity contribution in [2.75, 3.05) is 29.5 Å². The molecule has 0 atom stereocenters. The van der Waals surface area contributed by atoms with E-state index < -0.39 is 28.3 Å². The summed E-state index contributed by atoms with van der Waals surface area (Å²) in [7, 11) is -2.74. The average molecular weight is 495 g/mol. The van der Waals surface area contributed by atoms with E-state index in [2.05, 4.69) is 5.32 Å². The van der Waals surface area contributed by atoms with Gasteiger partial charge >= 0.3 is 0 Å². The quantitative estimate of drug-likeness (QED) is 0.444. The van der Waals surface area contributed by atoms with Gasteiger partial charge in [0.05, 0.1) is 23.4 Å². The molecule has 0 saturated carbocycles. The summed E-state index contributed by atoms with van der Waals surface area (Å²) in [5, 5.41) is 2.97. The molecule has 0 fully saturated rings. The summed E-state index contributed by atoms with van der Waals surface area (Å²) >= 11 is 7.46. The summed E-state index contributed by atoms with van der Waals surface area (Å²) in [4.78, 5) is 13.7. The second kappa shape index (κ2) is 10.2. The van der Waals surface area contributed by atoms with Crippen molar-refractivity contribution in [2.24, 2.45) is 0 Å². The minimum atomic E-state index is -4.17. The zero-order valence-electron chi connectivity index (χ0n) is 17.2. The molecule has 1 amide bonds. The molecule has 0 radical (unpaired) electrons. The van der Waals surface area contributed by atoms with Crippen molar-refractivity contribution < 1.29 is 22.3 Å². The van der Waals surface area contributed by atoms with Gasteiger partial charge in [0.25, 0.3) is 10.0 Å². The van der Waals surface area contributed by atoms with Gasteiger partial charge in [-0.15, -0.1) is 11.8 Å². The minimum absolute atomic E-state index is 0.0205. The molecule has 0 aliphatic rings. The van der Waals surface area contributed by atoms with Crippen LogP contribution in [0.1, 0.15) is 0 Å². The number of hydrogen-bond acceptors (Lipinski definition) is 5. The fourth-order valence-corrected chi connectivity index (χ4v) is 4.91. The summed E-state index contributed by atoms with van der Waals surface area (Å²) in [6, 6.07) is 15.9. The van der Waals surface area contributed by atoms with Gasteiger partial charge < -0.3 is 10.1 Å². The third-order valence-corrected chi connectivity index (χ3v) is 7.23. The van der Waals surface area contributed by atoms with Gasteiger partial charge in [-0.3, -0.25) is 9.10 Å². The van der Waals surface area contributed by atoms with E-state index >= 15 is 0 Å². The van der Waals surface area contributed by atoms with Gasteiger partial charge in [0.2, 0.25) is 5.91 Å². The van der Waals surface area contributed by atoms with Crippen LogP contribution >= 0.6 is 23.4 Å². The van der Waals surface area contributed by atoms with Crippen LogP contribution in [0, 0.1) is 5.82 Å². The van der Waals surface area contributed by atoms with Crippen molar-refractivity contribution >= 4 is 50.7 Å². The van der Waals surface area contributed by atoms with Crippen LogP contribution in [0.5, 0.6) is 5.75 Å². The molecule has 6 nitrogen and oxygen atoms in total. The molecule has 10 heteroatoms. The van der Waals surface area contributed by atoms with Crippen LogP contribution in [0.25, 0.3) is 0 Å². The number of sulfonamides is 1. The van der Waals surface area contributed by atoms with E-state index in [9.17, 15) is 17.6 Å². The molecule has 0 aliphatic carbocycles. The number of rotatable bonds is 8. The van der Waals surface area contributed by atoms with Gasteiger partial charge in [-0.25, -0.2) is 12.8 Å². The first-order chi connectivity index (χ1) is 15.2.